The zero-order valence-electron chi connectivity index (χ0n) is 17.3. The number of ether oxygens (including phenoxy) is 2. The van der Waals surface area contributed by atoms with E-state index in [1.807, 2.05) is 23.1 Å². The van der Waals surface area contributed by atoms with Crippen LogP contribution in [-0.2, 0) is 4.79 Å². The Morgan fingerprint density at radius 2 is 2.00 bits per heavy atom. The number of phenols is 1. The summed E-state index contributed by atoms with van der Waals surface area (Å²) in [6.07, 6.45) is 1.79. The van der Waals surface area contributed by atoms with Gasteiger partial charge in [0.25, 0.3) is 0 Å². The molecular formula is C21H23N5O4S. The summed E-state index contributed by atoms with van der Waals surface area (Å²) in [5, 5.41) is 21.7. The number of likely N-dealkylation sites (tertiary alicyclic amines) is 1. The molecule has 1 fully saturated rings. The number of aromatic nitrogens is 4. The van der Waals surface area contributed by atoms with Crippen molar-refractivity contribution < 1.29 is 19.4 Å². The van der Waals surface area contributed by atoms with Crippen LogP contribution in [0.3, 0.4) is 0 Å². The summed E-state index contributed by atoms with van der Waals surface area (Å²) in [5.74, 6) is 1.86. The number of aromatic hydroxyl groups is 1. The summed E-state index contributed by atoms with van der Waals surface area (Å²) in [6, 6.07) is 12.1. The van der Waals surface area contributed by atoms with Crippen molar-refractivity contribution in [3.05, 3.63) is 48.0 Å². The number of carbonyl (C=O) groups excluding carboxylic acids is 1. The molecule has 0 aliphatic carbocycles. The smallest absolute Gasteiger partial charge is 0.233 e. The van der Waals surface area contributed by atoms with E-state index in [0.717, 1.165) is 29.9 Å². The minimum absolute atomic E-state index is 0.0117. The van der Waals surface area contributed by atoms with E-state index < -0.39 is 0 Å². The number of benzene rings is 2. The average Bonchev–Trinajstić information content (AvgIpc) is 3.47. The summed E-state index contributed by atoms with van der Waals surface area (Å²) in [7, 11) is 3.25. The predicted octanol–water partition coefficient (Wildman–Crippen LogP) is 2.84. The molecule has 0 saturated carbocycles. The Morgan fingerprint density at radius 1 is 1.19 bits per heavy atom. The van der Waals surface area contributed by atoms with Crippen molar-refractivity contribution >= 4 is 17.7 Å². The van der Waals surface area contributed by atoms with Crippen molar-refractivity contribution in [1.29, 1.82) is 0 Å². The van der Waals surface area contributed by atoms with Gasteiger partial charge in [0, 0.05) is 12.1 Å². The minimum Gasteiger partial charge on any atom is -0.508 e. The lowest BCUT2D eigenvalue weighted by Crippen LogP contribution is -2.32. The van der Waals surface area contributed by atoms with Crippen LogP contribution in [-0.4, -0.2) is 62.6 Å². The number of hydrogen-bond donors (Lipinski definition) is 1. The summed E-state index contributed by atoms with van der Waals surface area (Å²) in [4.78, 5) is 15.0. The normalized spacial score (nSPS) is 15.8. The first-order valence-electron chi connectivity index (χ1n) is 9.82. The van der Waals surface area contributed by atoms with Gasteiger partial charge in [0.05, 0.1) is 31.7 Å². The van der Waals surface area contributed by atoms with Crippen LogP contribution in [0.5, 0.6) is 17.2 Å². The number of hydrogen-bond acceptors (Lipinski definition) is 8. The molecule has 2 aromatic carbocycles. The molecule has 162 valence electrons. The average molecular weight is 442 g/mol. The third kappa shape index (κ3) is 4.43. The van der Waals surface area contributed by atoms with E-state index in [0.29, 0.717) is 17.4 Å². The summed E-state index contributed by atoms with van der Waals surface area (Å²) >= 11 is 1.28. The highest BCUT2D eigenvalue weighted by molar-refractivity contribution is 7.99. The van der Waals surface area contributed by atoms with Crippen molar-refractivity contribution in [2.75, 3.05) is 26.5 Å². The third-order valence-electron chi connectivity index (χ3n) is 5.23. The summed E-state index contributed by atoms with van der Waals surface area (Å²) in [6.45, 7) is 0.688. The topological polar surface area (TPSA) is 103 Å². The standard InChI is InChI=1S/C21H23N5O4S/c1-29-16-9-10-19(30-2)17(12-16)18-4-3-11-25(18)20(28)13-31-21-22-23-24-26(21)14-5-7-15(27)8-6-14/h5-10,12,18,27H,3-4,11,13H2,1-2H3/t18-/m0/s1. The number of methoxy groups -OCH3 is 2. The van der Waals surface area contributed by atoms with Crippen molar-refractivity contribution in [3.63, 3.8) is 0 Å². The van der Waals surface area contributed by atoms with Gasteiger partial charge in [-0.3, -0.25) is 4.79 Å². The Kier molecular flexibility index (Phi) is 6.26. The maximum atomic E-state index is 13.1. The minimum atomic E-state index is -0.0637. The van der Waals surface area contributed by atoms with Crippen LogP contribution in [0.2, 0.25) is 0 Å². The number of amides is 1. The van der Waals surface area contributed by atoms with Crippen molar-refractivity contribution in [3.8, 4) is 22.9 Å². The number of phenolic OH excluding ortho intramolecular Hbond substituents is 1. The van der Waals surface area contributed by atoms with Crippen LogP contribution in [0, 0.1) is 0 Å². The molecule has 3 aromatic rings. The number of nitrogens with zero attached hydrogens (tertiary/aromatic N) is 5. The van der Waals surface area contributed by atoms with Gasteiger partial charge in [0.1, 0.15) is 17.2 Å². The molecule has 10 heteroatoms. The lowest BCUT2D eigenvalue weighted by Gasteiger charge is -2.26. The van der Waals surface area contributed by atoms with E-state index in [1.165, 1.54) is 11.8 Å². The molecule has 0 radical (unpaired) electrons. The summed E-state index contributed by atoms with van der Waals surface area (Å²) in [5.41, 5.74) is 1.66. The van der Waals surface area contributed by atoms with E-state index in [1.54, 1.807) is 43.2 Å². The largest absolute Gasteiger partial charge is 0.508 e. The van der Waals surface area contributed by atoms with Crippen LogP contribution in [0.25, 0.3) is 5.69 Å². The van der Waals surface area contributed by atoms with Gasteiger partial charge in [0.2, 0.25) is 11.1 Å². The van der Waals surface area contributed by atoms with Gasteiger partial charge in [-0.1, -0.05) is 11.8 Å². The maximum absolute atomic E-state index is 13.1. The predicted molar refractivity (Wildman–Crippen MR) is 115 cm³/mol. The molecule has 1 atom stereocenters. The van der Waals surface area contributed by atoms with Gasteiger partial charge >= 0.3 is 0 Å². The van der Waals surface area contributed by atoms with E-state index in [-0.39, 0.29) is 23.5 Å². The molecule has 9 nitrogen and oxygen atoms in total. The first-order valence-corrected chi connectivity index (χ1v) is 10.8. The van der Waals surface area contributed by atoms with Gasteiger partial charge < -0.3 is 19.5 Å². The molecular weight excluding hydrogens is 418 g/mol. The van der Waals surface area contributed by atoms with E-state index >= 15 is 0 Å². The second-order valence-corrected chi connectivity index (χ2v) is 7.97. The van der Waals surface area contributed by atoms with Gasteiger partial charge in [0.15, 0.2) is 0 Å². The Hall–Kier alpha value is -3.27. The molecule has 4 rings (SSSR count). The zero-order chi connectivity index (χ0) is 21.8. The molecule has 1 aromatic heterocycles. The molecule has 1 saturated heterocycles. The van der Waals surface area contributed by atoms with Crippen LogP contribution < -0.4 is 9.47 Å². The first-order chi connectivity index (χ1) is 15.1. The lowest BCUT2D eigenvalue weighted by molar-refractivity contribution is -0.129. The zero-order valence-corrected chi connectivity index (χ0v) is 18.1. The van der Waals surface area contributed by atoms with Crippen LogP contribution in [0.15, 0.2) is 47.6 Å². The third-order valence-corrected chi connectivity index (χ3v) is 6.13. The maximum Gasteiger partial charge on any atom is 0.233 e. The molecule has 1 aliphatic heterocycles. The van der Waals surface area contributed by atoms with E-state index in [2.05, 4.69) is 15.5 Å². The number of tetrazole rings is 1. The highest BCUT2D eigenvalue weighted by Gasteiger charge is 2.32. The fourth-order valence-electron chi connectivity index (χ4n) is 3.72. The molecule has 1 aliphatic rings. The van der Waals surface area contributed by atoms with Gasteiger partial charge in [-0.25, -0.2) is 0 Å². The van der Waals surface area contributed by atoms with E-state index in [9.17, 15) is 9.90 Å². The van der Waals surface area contributed by atoms with Gasteiger partial charge in [-0.05, 0) is 65.7 Å². The molecule has 0 unspecified atom stereocenters. The number of rotatable bonds is 7. The van der Waals surface area contributed by atoms with Crippen LogP contribution in [0.4, 0.5) is 0 Å². The highest BCUT2D eigenvalue weighted by Crippen LogP contribution is 2.39. The SMILES string of the molecule is COc1ccc(OC)c([C@@H]2CCCN2C(=O)CSc2nnnn2-c2ccc(O)cc2)c1. The van der Waals surface area contributed by atoms with Gasteiger partial charge in [-0.15, -0.1) is 5.10 Å². The molecule has 1 N–H and O–H groups in total. The number of thioether (sulfide) groups is 1. The number of carbonyl (C=O) groups is 1. The second kappa shape index (κ2) is 9.25. The Bertz CT molecular complexity index is 1060. The fourth-order valence-corrected chi connectivity index (χ4v) is 4.50. The van der Waals surface area contributed by atoms with Gasteiger partial charge in [-0.2, -0.15) is 4.68 Å². The Balaban J connectivity index is 1.48. The van der Waals surface area contributed by atoms with Crippen LogP contribution in [0.1, 0.15) is 24.4 Å². The van der Waals surface area contributed by atoms with Crippen molar-refractivity contribution in [1.82, 2.24) is 25.1 Å². The molecule has 31 heavy (non-hydrogen) atoms. The highest BCUT2D eigenvalue weighted by atomic mass is 32.2. The van der Waals surface area contributed by atoms with Crippen molar-refractivity contribution in [2.24, 2.45) is 0 Å². The second-order valence-electron chi connectivity index (χ2n) is 7.03. The Labute approximate surface area is 184 Å². The van der Waals surface area contributed by atoms with Crippen molar-refractivity contribution in [2.45, 2.75) is 24.0 Å². The van der Waals surface area contributed by atoms with Crippen LogP contribution >= 0.6 is 11.8 Å². The van der Waals surface area contributed by atoms with E-state index in [4.69, 9.17) is 9.47 Å². The quantitative estimate of drug-likeness (QED) is 0.559. The molecule has 2 heterocycles. The summed E-state index contributed by atoms with van der Waals surface area (Å²) < 4.78 is 12.4. The Morgan fingerprint density at radius 3 is 2.74 bits per heavy atom. The molecule has 0 spiro atoms. The molecule has 0 bridgehead atoms. The molecule has 1 amide bonds. The first kappa shape index (κ1) is 21.0. The monoisotopic (exact) mass is 441 g/mol. The lowest BCUT2D eigenvalue weighted by atomic mass is 10.0. The fraction of sp³-hybridized carbons (Fsp3) is 0.333.